The molecule has 7 heteroatoms. The first-order chi connectivity index (χ1) is 15.4. The van der Waals surface area contributed by atoms with Crippen LogP contribution in [-0.2, 0) is 22.4 Å². The zero-order chi connectivity index (χ0) is 24.6. The summed E-state index contributed by atoms with van der Waals surface area (Å²) in [6.45, 7) is 7.24. The Hall–Kier alpha value is -2.74. The van der Waals surface area contributed by atoms with Crippen LogP contribution in [0.2, 0.25) is 0 Å². The Labute approximate surface area is 196 Å². The molecule has 2 aromatic carbocycles. The normalized spacial score (nSPS) is 14.8. The van der Waals surface area contributed by atoms with Gasteiger partial charge < -0.3 is 27.2 Å². The van der Waals surface area contributed by atoms with Gasteiger partial charge in [0.05, 0.1) is 11.1 Å². The van der Waals surface area contributed by atoms with Crippen molar-refractivity contribution in [3.8, 4) is 0 Å². The predicted octanol–water partition coefficient (Wildman–Crippen LogP) is 1.67. The summed E-state index contributed by atoms with van der Waals surface area (Å²) in [5.74, 6) is -0.779. The monoisotopic (exact) mass is 454 g/mol. The Balaban J connectivity index is 1.91. The zero-order valence-corrected chi connectivity index (χ0v) is 20.0. The van der Waals surface area contributed by atoms with E-state index >= 15 is 0 Å². The third-order valence-corrected chi connectivity index (χ3v) is 6.23. The maximum atomic E-state index is 12.7. The van der Waals surface area contributed by atoms with Crippen molar-refractivity contribution in [3.05, 3.63) is 71.8 Å². The molecule has 0 bridgehead atoms. The smallest absolute Gasteiger partial charge is 0.250 e. The van der Waals surface area contributed by atoms with Crippen LogP contribution in [0, 0.1) is 0 Å². The molecule has 0 saturated heterocycles. The average Bonchev–Trinajstić information content (AvgIpc) is 2.73. The van der Waals surface area contributed by atoms with Crippen molar-refractivity contribution in [2.75, 3.05) is 0 Å². The lowest BCUT2D eigenvalue weighted by Gasteiger charge is -2.43. The Bertz CT molecular complexity index is 900. The number of hydrogen-bond acceptors (Lipinski definition) is 5. The van der Waals surface area contributed by atoms with E-state index in [1.807, 2.05) is 74.5 Å². The van der Waals surface area contributed by atoms with Crippen LogP contribution in [0.4, 0.5) is 0 Å². The molecular formula is C26H38N4O3. The molecule has 7 N–H and O–H groups in total. The molecule has 3 atom stereocenters. The lowest BCUT2D eigenvalue weighted by atomic mass is 9.81. The molecule has 2 rings (SSSR count). The van der Waals surface area contributed by atoms with E-state index in [2.05, 4.69) is 10.6 Å². The van der Waals surface area contributed by atoms with Gasteiger partial charge in [-0.1, -0.05) is 60.7 Å². The second-order valence-corrected chi connectivity index (χ2v) is 9.74. The average molecular weight is 455 g/mol. The Kier molecular flexibility index (Phi) is 9.16. The van der Waals surface area contributed by atoms with Gasteiger partial charge >= 0.3 is 0 Å². The summed E-state index contributed by atoms with van der Waals surface area (Å²) in [4.78, 5) is 25.4. The molecule has 7 nitrogen and oxygen atoms in total. The number of hydrogen-bond donors (Lipinski definition) is 5. The van der Waals surface area contributed by atoms with Crippen molar-refractivity contribution < 1.29 is 14.7 Å². The molecule has 0 aliphatic rings. The fourth-order valence-corrected chi connectivity index (χ4v) is 3.51. The molecule has 0 aliphatic carbocycles. The van der Waals surface area contributed by atoms with Crippen LogP contribution in [0.3, 0.4) is 0 Å². The van der Waals surface area contributed by atoms with E-state index < -0.39 is 29.1 Å². The van der Waals surface area contributed by atoms with E-state index in [9.17, 15) is 14.7 Å². The highest BCUT2D eigenvalue weighted by atomic mass is 16.3. The van der Waals surface area contributed by atoms with Crippen LogP contribution in [0.1, 0.15) is 45.2 Å². The van der Waals surface area contributed by atoms with Crippen LogP contribution < -0.4 is 22.1 Å². The predicted molar refractivity (Wildman–Crippen MR) is 131 cm³/mol. The molecule has 0 heterocycles. The maximum absolute atomic E-state index is 12.7. The van der Waals surface area contributed by atoms with Gasteiger partial charge in [0.1, 0.15) is 6.10 Å². The standard InChI is InChI=1S/C26H38N4O3/c1-25(2,29-22(31)17-20(27)15-18-11-7-5-8-12-18)26(3,4)30-24(33)23(32)21(28)16-19-13-9-6-10-14-19/h5-14,20-21,23,32H,15-17,27-28H2,1-4H3,(H,29,31)(H,30,33). The van der Waals surface area contributed by atoms with Crippen molar-refractivity contribution in [2.45, 2.75) is 76.2 Å². The number of aliphatic hydroxyl groups excluding tert-OH is 1. The molecule has 0 radical (unpaired) electrons. The first-order valence-electron chi connectivity index (χ1n) is 11.3. The number of nitrogens with two attached hydrogens (primary N) is 2. The van der Waals surface area contributed by atoms with Gasteiger partial charge in [-0.25, -0.2) is 0 Å². The van der Waals surface area contributed by atoms with Crippen LogP contribution in [0.15, 0.2) is 60.7 Å². The molecule has 0 aromatic heterocycles. The number of benzene rings is 2. The van der Waals surface area contributed by atoms with E-state index in [1.165, 1.54) is 0 Å². The summed E-state index contributed by atoms with van der Waals surface area (Å²) in [5.41, 5.74) is 12.6. The molecule has 0 spiro atoms. The van der Waals surface area contributed by atoms with E-state index in [4.69, 9.17) is 11.5 Å². The fourth-order valence-electron chi connectivity index (χ4n) is 3.51. The van der Waals surface area contributed by atoms with E-state index in [1.54, 1.807) is 13.8 Å². The SMILES string of the molecule is CC(C)(NC(=O)CC(N)Cc1ccccc1)C(C)(C)NC(=O)C(O)C(N)Cc1ccccc1. The topological polar surface area (TPSA) is 130 Å². The molecule has 0 fully saturated rings. The minimum absolute atomic E-state index is 0.160. The Morgan fingerprint density at radius 1 is 0.818 bits per heavy atom. The lowest BCUT2D eigenvalue weighted by molar-refractivity contribution is -0.134. The number of carbonyl (C=O) groups excluding carboxylic acids is 2. The quantitative estimate of drug-likeness (QED) is 0.353. The second kappa shape index (κ2) is 11.4. The number of carbonyl (C=O) groups is 2. The van der Waals surface area contributed by atoms with Crippen molar-refractivity contribution in [3.63, 3.8) is 0 Å². The van der Waals surface area contributed by atoms with E-state index in [0.717, 1.165) is 11.1 Å². The zero-order valence-electron chi connectivity index (χ0n) is 20.0. The van der Waals surface area contributed by atoms with Crippen LogP contribution in [0.25, 0.3) is 0 Å². The minimum Gasteiger partial charge on any atom is -0.382 e. The molecule has 33 heavy (non-hydrogen) atoms. The van der Waals surface area contributed by atoms with Gasteiger partial charge in [0, 0.05) is 18.5 Å². The summed E-state index contributed by atoms with van der Waals surface area (Å²) in [6.07, 6.45) is -0.252. The molecular weight excluding hydrogens is 416 g/mol. The van der Waals surface area contributed by atoms with Gasteiger partial charge in [0.2, 0.25) is 5.91 Å². The highest BCUT2D eigenvalue weighted by molar-refractivity contribution is 5.82. The summed E-state index contributed by atoms with van der Waals surface area (Å²) >= 11 is 0. The molecule has 180 valence electrons. The summed E-state index contributed by atoms with van der Waals surface area (Å²) in [7, 11) is 0. The Morgan fingerprint density at radius 3 is 1.79 bits per heavy atom. The summed E-state index contributed by atoms with van der Waals surface area (Å²) in [5, 5.41) is 16.3. The van der Waals surface area contributed by atoms with Gasteiger partial charge in [-0.2, -0.15) is 0 Å². The van der Waals surface area contributed by atoms with Gasteiger partial charge in [-0.3, -0.25) is 9.59 Å². The van der Waals surface area contributed by atoms with Crippen LogP contribution in [-0.4, -0.2) is 46.2 Å². The number of nitrogens with one attached hydrogen (secondary N) is 2. The third kappa shape index (κ3) is 7.96. The molecule has 3 unspecified atom stereocenters. The van der Waals surface area contributed by atoms with Crippen molar-refractivity contribution in [2.24, 2.45) is 11.5 Å². The molecule has 2 aromatic rings. The lowest BCUT2D eigenvalue weighted by Crippen LogP contribution is -2.67. The Morgan fingerprint density at radius 2 is 1.27 bits per heavy atom. The van der Waals surface area contributed by atoms with Gasteiger partial charge in [-0.05, 0) is 51.7 Å². The second-order valence-electron chi connectivity index (χ2n) is 9.74. The number of aliphatic hydroxyl groups is 1. The number of amides is 2. The summed E-state index contributed by atoms with van der Waals surface area (Å²) < 4.78 is 0. The van der Waals surface area contributed by atoms with Crippen LogP contribution in [0.5, 0.6) is 0 Å². The highest BCUT2D eigenvalue weighted by Gasteiger charge is 2.41. The van der Waals surface area contributed by atoms with E-state index in [0.29, 0.717) is 12.8 Å². The van der Waals surface area contributed by atoms with Crippen LogP contribution >= 0.6 is 0 Å². The highest BCUT2D eigenvalue weighted by Crippen LogP contribution is 2.22. The van der Waals surface area contributed by atoms with Gasteiger partial charge in [0.15, 0.2) is 0 Å². The van der Waals surface area contributed by atoms with E-state index in [-0.39, 0.29) is 18.4 Å². The number of rotatable bonds is 11. The van der Waals surface area contributed by atoms with Crippen molar-refractivity contribution in [1.29, 1.82) is 0 Å². The van der Waals surface area contributed by atoms with Gasteiger partial charge in [0.25, 0.3) is 5.91 Å². The molecule has 2 amide bonds. The minimum atomic E-state index is -1.38. The molecule has 0 aliphatic heterocycles. The largest absolute Gasteiger partial charge is 0.382 e. The van der Waals surface area contributed by atoms with Gasteiger partial charge in [-0.15, -0.1) is 0 Å². The van der Waals surface area contributed by atoms with Crippen molar-refractivity contribution in [1.82, 2.24) is 10.6 Å². The first-order valence-corrected chi connectivity index (χ1v) is 11.3. The first kappa shape index (κ1) is 26.5. The third-order valence-electron chi connectivity index (χ3n) is 6.23. The summed E-state index contributed by atoms with van der Waals surface area (Å²) in [6, 6.07) is 18.2. The molecule has 0 saturated carbocycles. The fraction of sp³-hybridized carbons (Fsp3) is 0.462. The van der Waals surface area contributed by atoms with Crippen molar-refractivity contribution >= 4 is 11.8 Å². The maximum Gasteiger partial charge on any atom is 0.250 e.